The molecule has 1 aromatic carbocycles. The van der Waals surface area contributed by atoms with Crippen molar-refractivity contribution < 1.29 is 14.6 Å². The maximum atomic E-state index is 11.4. The quantitative estimate of drug-likeness (QED) is 0.664. The Morgan fingerprint density at radius 3 is 2.71 bits per heavy atom. The molecule has 0 bridgehead atoms. The molecule has 114 valence electrons. The number of rotatable bonds is 3. The van der Waals surface area contributed by atoms with Crippen LogP contribution in [-0.4, -0.2) is 23.3 Å². The molecule has 2 N–H and O–H groups in total. The fourth-order valence-electron chi connectivity index (χ4n) is 1.63. The predicted octanol–water partition coefficient (Wildman–Crippen LogP) is 2.75. The highest BCUT2D eigenvalue weighted by molar-refractivity contribution is 5.67. The zero-order valence-electron chi connectivity index (χ0n) is 13.1. The van der Waals surface area contributed by atoms with Crippen molar-refractivity contribution in [2.45, 2.75) is 46.3 Å². The molecule has 0 spiro atoms. The molecule has 0 saturated carbocycles. The lowest BCUT2D eigenvalue weighted by molar-refractivity contribution is 0.0529. The van der Waals surface area contributed by atoms with Crippen LogP contribution in [0.3, 0.4) is 0 Å². The number of amides is 1. The summed E-state index contributed by atoms with van der Waals surface area (Å²) in [6.45, 7) is 7.88. The van der Waals surface area contributed by atoms with Crippen molar-refractivity contribution in [2.75, 3.05) is 6.54 Å². The monoisotopic (exact) mass is 289 g/mol. The van der Waals surface area contributed by atoms with Gasteiger partial charge in [-0.05, 0) is 51.0 Å². The van der Waals surface area contributed by atoms with Crippen LogP contribution in [0.5, 0.6) is 0 Å². The van der Waals surface area contributed by atoms with Gasteiger partial charge in [0.2, 0.25) is 0 Å². The number of aryl methyl sites for hydroxylation is 1. The number of aliphatic hydroxyl groups is 1. The van der Waals surface area contributed by atoms with Crippen LogP contribution >= 0.6 is 0 Å². The topological polar surface area (TPSA) is 58.6 Å². The van der Waals surface area contributed by atoms with E-state index in [2.05, 4.69) is 17.2 Å². The van der Waals surface area contributed by atoms with E-state index in [1.165, 1.54) is 0 Å². The molecule has 0 unspecified atom stereocenters. The van der Waals surface area contributed by atoms with Crippen LogP contribution in [0.15, 0.2) is 18.2 Å². The van der Waals surface area contributed by atoms with Gasteiger partial charge in [0.1, 0.15) is 5.60 Å². The van der Waals surface area contributed by atoms with Gasteiger partial charge in [-0.25, -0.2) is 4.79 Å². The highest BCUT2D eigenvalue weighted by atomic mass is 16.6. The summed E-state index contributed by atoms with van der Waals surface area (Å²) in [5.41, 5.74) is 2.31. The third-order valence-corrected chi connectivity index (χ3v) is 2.67. The van der Waals surface area contributed by atoms with Gasteiger partial charge in [0.25, 0.3) is 0 Å². The molecule has 0 aromatic heterocycles. The number of alkyl carbamates (subject to hydrolysis) is 1. The molecule has 1 aromatic rings. The lowest BCUT2D eigenvalue weighted by atomic mass is 10.1. The molecule has 4 nitrogen and oxygen atoms in total. The molecule has 0 atom stereocenters. The number of hydrogen-bond acceptors (Lipinski definition) is 3. The molecular formula is C17H23NO3. The summed E-state index contributed by atoms with van der Waals surface area (Å²) in [6.07, 6.45) is 0.115. The summed E-state index contributed by atoms with van der Waals surface area (Å²) in [5, 5.41) is 11.9. The average molecular weight is 289 g/mol. The van der Waals surface area contributed by atoms with Crippen LogP contribution in [0.2, 0.25) is 0 Å². The maximum Gasteiger partial charge on any atom is 0.407 e. The van der Waals surface area contributed by atoms with E-state index in [0.29, 0.717) is 13.0 Å². The molecular weight excluding hydrogens is 266 g/mol. The zero-order chi connectivity index (χ0) is 15.9. The number of carbonyl (C=O) groups excluding carboxylic acids is 1. The molecule has 0 heterocycles. The average Bonchev–Trinajstić information content (AvgIpc) is 2.38. The van der Waals surface area contributed by atoms with E-state index < -0.39 is 11.7 Å². The second-order valence-corrected chi connectivity index (χ2v) is 5.78. The lowest BCUT2D eigenvalue weighted by Crippen LogP contribution is -2.32. The molecule has 0 aliphatic heterocycles. The molecule has 21 heavy (non-hydrogen) atoms. The minimum absolute atomic E-state index is 0.0154. The van der Waals surface area contributed by atoms with Crippen molar-refractivity contribution in [1.82, 2.24) is 5.32 Å². The fourth-order valence-corrected chi connectivity index (χ4v) is 1.63. The third-order valence-electron chi connectivity index (χ3n) is 2.67. The van der Waals surface area contributed by atoms with Crippen LogP contribution in [0.4, 0.5) is 4.79 Å². The summed E-state index contributed by atoms with van der Waals surface area (Å²) in [7, 11) is 0. The summed E-state index contributed by atoms with van der Waals surface area (Å²) >= 11 is 0. The molecule has 1 amide bonds. The van der Waals surface area contributed by atoms with E-state index in [0.717, 1.165) is 16.7 Å². The largest absolute Gasteiger partial charge is 0.444 e. The van der Waals surface area contributed by atoms with E-state index in [1.807, 2.05) is 45.9 Å². The second-order valence-electron chi connectivity index (χ2n) is 5.78. The van der Waals surface area contributed by atoms with Gasteiger partial charge in [-0.3, -0.25) is 0 Å². The number of nitrogens with one attached hydrogen (secondary N) is 1. The van der Waals surface area contributed by atoms with Gasteiger partial charge in [0.05, 0.1) is 6.61 Å². The van der Waals surface area contributed by atoms with Crippen LogP contribution in [0.1, 0.15) is 43.9 Å². The van der Waals surface area contributed by atoms with Gasteiger partial charge < -0.3 is 15.2 Å². The fraction of sp³-hybridized carbons (Fsp3) is 0.471. The summed E-state index contributed by atoms with van der Waals surface area (Å²) < 4.78 is 5.12. The second kappa shape index (κ2) is 7.70. The van der Waals surface area contributed by atoms with Crippen LogP contribution in [0.25, 0.3) is 0 Å². The minimum Gasteiger partial charge on any atom is -0.444 e. The summed E-state index contributed by atoms with van der Waals surface area (Å²) in [4.78, 5) is 11.4. The molecule has 0 radical (unpaired) electrons. The first-order valence-electron chi connectivity index (χ1n) is 6.98. The van der Waals surface area contributed by atoms with Gasteiger partial charge in [-0.1, -0.05) is 17.9 Å². The van der Waals surface area contributed by atoms with Crippen molar-refractivity contribution in [2.24, 2.45) is 0 Å². The normalized spacial score (nSPS) is 10.5. The Hall–Kier alpha value is -1.99. The summed E-state index contributed by atoms with van der Waals surface area (Å²) in [5.74, 6) is 6.00. The molecule has 0 fully saturated rings. The van der Waals surface area contributed by atoms with Crippen LogP contribution in [0, 0.1) is 18.8 Å². The van der Waals surface area contributed by atoms with Crippen LogP contribution in [-0.2, 0) is 11.3 Å². The van der Waals surface area contributed by atoms with E-state index in [-0.39, 0.29) is 6.61 Å². The Morgan fingerprint density at radius 2 is 2.10 bits per heavy atom. The first kappa shape index (κ1) is 17.1. The third kappa shape index (κ3) is 6.82. The number of hydrogen-bond donors (Lipinski definition) is 2. The number of ether oxygens (including phenoxy) is 1. The molecule has 4 heteroatoms. The molecule has 1 rings (SSSR count). The predicted molar refractivity (Wildman–Crippen MR) is 82.8 cm³/mol. The highest BCUT2D eigenvalue weighted by Gasteiger charge is 2.15. The Labute approximate surface area is 126 Å². The maximum absolute atomic E-state index is 11.4. The van der Waals surface area contributed by atoms with Crippen molar-refractivity contribution >= 4 is 6.09 Å². The van der Waals surface area contributed by atoms with Gasteiger partial charge >= 0.3 is 6.09 Å². The van der Waals surface area contributed by atoms with Crippen molar-refractivity contribution in [3.05, 3.63) is 34.9 Å². The smallest absolute Gasteiger partial charge is 0.407 e. The number of aliphatic hydroxyl groups excluding tert-OH is 1. The summed E-state index contributed by atoms with van der Waals surface area (Å²) in [6, 6.07) is 5.74. The van der Waals surface area contributed by atoms with Crippen LogP contribution < -0.4 is 5.32 Å². The number of benzene rings is 1. The Bertz CT molecular complexity index is 547. The minimum atomic E-state index is -0.488. The number of carbonyl (C=O) groups is 1. The lowest BCUT2D eigenvalue weighted by Gasteiger charge is -2.19. The van der Waals surface area contributed by atoms with Crippen molar-refractivity contribution in [3.8, 4) is 11.8 Å². The van der Waals surface area contributed by atoms with Gasteiger partial charge in [0, 0.05) is 18.5 Å². The van der Waals surface area contributed by atoms with Gasteiger partial charge in [0.15, 0.2) is 0 Å². The standard InChI is InChI=1S/C17H23NO3/c1-13-8-9-14(11-15(13)12-19)7-5-6-10-18-16(20)21-17(2,3)4/h8-9,11,19H,6,10,12H2,1-4H3,(H,18,20). The SMILES string of the molecule is Cc1ccc(C#CCCNC(=O)OC(C)(C)C)cc1CO. The highest BCUT2D eigenvalue weighted by Crippen LogP contribution is 2.10. The first-order chi connectivity index (χ1) is 9.81. The van der Waals surface area contributed by atoms with E-state index in [1.54, 1.807) is 0 Å². The van der Waals surface area contributed by atoms with Gasteiger partial charge in [-0.2, -0.15) is 0 Å². The Kier molecular flexibility index (Phi) is 6.26. The van der Waals surface area contributed by atoms with E-state index in [4.69, 9.17) is 4.74 Å². The van der Waals surface area contributed by atoms with Crippen molar-refractivity contribution in [3.63, 3.8) is 0 Å². The van der Waals surface area contributed by atoms with E-state index >= 15 is 0 Å². The van der Waals surface area contributed by atoms with E-state index in [9.17, 15) is 9.90 Å². The first-order valence-corrected chi connectivity index (χ1v) is 6.98. The molecule has 0 aliphatic rings. The zero-order valence-corrected chi connectivity index (χ0v) is 13.1. The Balaban J connectivity index is 2.42. The van der Waals surface area contributed by atoms with Gasteiger partial charge in [-0.15, -0.1) is 0 Å². The van der Waals surface area contributed by atoms with Crippen molar-refractivity contribution in [1.29, 1.82) is 0 Å². The molecule has 0 aliphatic carbocycles. The molecule has 0 saturated heterocycles. The Morgan fingerprint density at radius 1 is 1.38 bits per heavy atom.